The Bertz CT molecular complexity index is 771. The maximum Gasteiger partial charge on any atom is 0.252 e. The Kier molecular flexibility index (Phi) is 3.83. The summed E-state index contributed by atoms with van der Waals surface area (Å²) in [5.74, 6) is -3.58. The number of pyridine rings is 2. The number of nitrogens with two attached hydrogens (primary N) is 1. The van der Waals surface area contributed by atoms with Crippen LogP contribution in [0.2, 0.25) is 0 Å². The van der Waals surface area contributed by atoms with Gasteiger partial charge in [0.15, 0.2) is 0 Å². The minimum Gasteiger partial charge on any atom is -0.396 e. The van der Waals surface area contributed by atoms with Gasteiger partial charge in [-0.05, 0) is 29.7 Å². The standard InChI is InChI=1S/C17H16F3N3/c1-10-9-17(19,20)6-4-11(10)16-14(21)12(5-8-23-16)15-13(18)3-2-7-22-15/h2-5,7-8,10H,6,9,21H2,1H3. The first-order valence-electron chi connectivity index (χ1n) is 7.32. The van der Waals surface area contributed by atoms with E-state index in [1.807, 2.05) is 0 Å². The molecule has 0 saturated carbocycles. The van der Waals surface area contributed by atoms with Crippen molar-refractivity contribution in [3.05, 3.63) is 48.2 Å². The van der Waals surface area contributed by atoms with E-state index in [-0.39, 0.29) is 30.1 Å². The van der Waals surface area contributed by atoms with Gasteiger partial charge in [-0.3, -0.25) is 9.97 Å². The van der Waals surface area contributed by atoms with Gasteiger partial charge in [-0.15, -0.1) is 0 Å². The summed E-state index contributed by atoms with van der Waals surface area (Å²) in [4.78, 5) is 8.24. The molecule has 3 rings (SSSR count). The highest BCUT2D eigenvalue weighted by molar-refractivity contribution is 5.84. The van der Waals surface area contributed by atoms with E-state index in [9.17, 15) is 13.2 Å². The van der Waals surface area contributed by atoms with Crippen molar-refractivity contribution in [3.8, 4) is 11.3 Å². The zero-order valence-corrected chi connectivity index (χ0v) is 12.6. The molecular formula is C17H16F3N3. The first-order valence-corrected chi connectivity index (χ1v) is 7.32. The number of nitrogens with zero attached hydrogens (tertiary/aromatic N) is 2. The number of hydrogen-bond donors (Lipinski definition) is 1. The summed E-state index contributed by atoms with van der Waals surface area (Å²) >= 11 is 0. The molecule has 2 aromatic heterocycles. The Morgan fingerprint density at radius 2 is 1.91 bits per heavy atom. The first-order chi connectivity index (χ1) is 10.9. The van der Waals surface area contributed by atoms with Crippen LogP contribution >= 0.6 is 0 Å². The van der Waals surface area contributed by atoms with Crippen LogP contribution in [-0.4, -0.2) is 15.9 Å². The SMILES string of the molecule is CC1CC(F)(F)CC=C1c1nccc(-c2ncccc2F)c1N. The largest absolute Gasteiger partial charge is 0.396 e. The average molecular weight is 319 g/mol. The molecule has 0 saturated heterocycles. The van der Waals surface area contributed by atoms with E-state index in [2.05, 4.69) is 9.97 Å². The van der Waals surface area contributed by atoms with Crippen molar-refractivity contribution in [1.29, 1.82) is 0 Å². The predicted molar refractivity (Wildman–Crippen MR) is 83.2 cm³/mol. The minimum atomic E-state index is -2.71. The highest BCUT2D eigenvalue weighted by Crippen LogP contribution is 2.42. The third-order valence-electron chi connectivity index (χ3n) is 4.03. The third kappa shape index (κ3) is 2.93. The number of anilines is 1. The Morgan fingerprint density at radius 1 is 1.17 bits per heavy atom. The lowest BCUT2D eigenvalue weighted by molar-refractivity contribution is -0.0161. The van der Waals surface area contributed by atoms with E-state index in [4.69, 9.17) is 5.73 Å². The van der Waals surface area contributed by atoms with Gasteiger partial charge < -0.3 is 5.73 Å². The lowest BCUT2D eigenvalue weighted by atomic mass is 9.84. The highest BCUT2D eigenvalue weighted by atomic mass is 19.3. The average Bonchev–Trinajstić information content (AvgIpc) is 2.48. The molecule has 120 valence electrons. The van der Waals surface area contributed by atoms with Crippen molar-refractivity contribution in [1.82, 2.24) is 9.97 Å². The minimum absolute atomic E-state index is 0.128. The second-order valence-corrected chi connectivity index (χ2v) is 5.78. The first kappa shape index (κ1) is 15.5. The summed E-state index contributed by atoms with van der Waals surface area (Å²) < 4.78 is 40.9. The molecule has 0 spiro atoms. The maximum atomic E-state index is 14.0. The number of hydrogen-bond acceptors (Lipinski definition) is 3. The van der Waals surface area contributed by atoms with Gasteiger partial charge in [0, 0.05) is 30.8 Å². The molecule has 0 aliphatic heterocycles. The second kappa shape index (κ2) is 5.68. The third-order valence-corrected chi connectivity index (χ3v) is 4.03. The Labute approximate surface area is 132 Å². The van der Waals surface area contributed by atoms with Crippen LogP contribution in [-0.2, 0) is 0 Å². The van der Waals surface area contributed by atoms with Crippen LogP contribution in [0.1, 0.15) is 25.5 Å². The Hall–Kier alpha value is -2.37. The smallest absolute Gasteiger partial charge is 0.252 e. The van der Waals surface area contributed by atoms with Crippen molar-refractivity contribution in [2.24, 2.45) is 5.92 Å². The summed E-state index contributed by atoms with van der Waals surface area (Å²) in [6.07, 6.45) is 3.86. The van der Waals surface area contributed by atoms with Gasteiger partial charge in [0.05, 0.1) is 11.4 Å². The number of allylic oxidation sites excluding steroid dienone is 2. The number of aromatic nitrogens is 2. The Balaban J connectivity index is 2.08. The van der Waals surface area contributed by atoms with E-state index < -0.39 is 11.7 Å². The van der Waals surface area contributed by atoms with E-state index in [1.165, 1.54) is 30.6 Å². The van der Waals surface area contributed by atoms with Crippen LogP contribution in [0.25, 0.3) is 16.8 Å². The van der Waals surface area contributed by atoms with Crippen molar-refractivity contribution < 1.29 is 13.2 Å². The van der Waals surface area contributed by atoms with Gasteiger partial charge in [0.25, 0.3) is 5.92 Å². The summed E-state index contributed by atoms with van der Waals surface area (Å²) in [7, 11) is 0. The fourth-order valence-corrected chi connectivity index (χ4v) is 2.93. The molecule has 2 aromatic rings. The molecule has 1 aliphatic carbocycles. The van der Waals surface area contributed by atoms with Gasteiger partial charge in [0.1, 0.15) is 11.5 Å². The van der Waals surface area contributed by atoms with Gasteiger partial charge in [-0.1, -0.05) is 13.0 Å². The lowest BCUT2D eigenvalue weighted by Crippen LogP contribution is -2.24. The van der Waals surface area contributed by atoms with Gasteiger partial charge >= 0.3 is 0 Å². The monoisotopic (exact) mass is 319 g/mol. The molecule has 0 aromatic carbocycles. The fraction of sp³-hybridized carbons (Fsp3) is 0.294. The van der Waals surface area contributed by atoms with Crippen LogP contribution in [0, 0.1) is 11.7 Å². The van der Waals surface area contributed by atoms with Crippen LogP contribution < -0.4 is 5.73 Å². The number of alkyl halides is 2. The van der Waals surface area contributed by atoms with Gasteiger partial charge in [-0.25, -0.2) is 13.2 Å². The summed E-state index contributed by atoms with van der Waals surface area (Å²) in [6.45, 7) is 1.72. The number of rotatable bonds is 2. The van der Waals surface area contributed by atoms with E-state index in [0.29, 0.717) is 16.8 Å². The molecule has 23 heavy (non-hydrogen) atoms. The Morgan fingerprint density at radius 3 is 2.61 bits per heavy atom. The summed E-state index contributed by atoms with van der Waals surface area (Å²) in [6, 6.07) is 4.36. The molecular weight excluding hydrogens is 303 g/mol. The van der Waals surface area contributed by atoms with Crippen LogP contribution in [0.15, 0.2) is 36.7 Å². The fourth-order valence-electron chi connectivity index (χ4n) is 2.93. The molecule has 0 amide bonds. The normalized spacial score (nSPS) is 20.2. The van der Waals surface area contributed by atoms with Crippen molar-refractivity contribution in [2.45, 2.75) is 25.7 Å². The van der Waals surface area contributed by atoms with Crippen molar-refractivity contribution >= 4 is 11.3 Å². The van der Waals surface area contributed by atoms with Gasteiger partial charge in [-0.2, -0.15) is 0 Å². The molecule has 2 heterocycles. The molecule has 0 bridgehead atoms. The molecule has 6 heteroatoms. The molecule has 1 atom stereocenters. The molecule has 0 radical (unpaired) electrons. The topological polar surface area (TPSA) is 51.8 Å². The quantitative estimate of drug-likeness (QED) is 0.897. The van der Waals surface area contributed by atoms with Crippen molar-refractivity contribution in [2.75, 3.05) is 5.73 Å². The van der Waals surface area contributed by atoms with E-state index in [0.717, 1.165) is 0 Å². The molecule has 1 aliphatic rings. The lowest BCUT2D eigenvalue weighted by Gasteiger charge is -2.27. The molecule has 0 fully saturated rings. The molecule has 1 unspecified atom stereocenters. The molecule has 3 nitrogen and oxygen atoms in total. The van der Waals surface area contributed by atoms with Crippen LogP contribution in [0.4, 0.5) is 18.9 Å². The summed E-state index contributed by atoms with van der Waals surface area (Å²) in [5, 5.41) is 0. The zero-order valence-electron chi connectivity index (χ0n) is 12.6. The maximum absolute atomic E-state index is 14.0. The highest BCUT2D eigenvalue weighted by Gasteiger charge is 2.36. The van der Waals surface area contributed by atoms with E-state index in [1.54, 1.807) is 13.0 Å². The predicted octanol–water partition coefficient (Wildman–Crippen LogP) is 4.31. The second-order valence-electron chi connectivity index (χ2n) is 5.78. The summed E-state index contributed by atoms with van der Waals surface area (Å²) in [5.41, 5.74) is 8.05. The molecule has 2 N–H and O–H groups in total. The van der Waals surface area contributed by atoms with E-state index >= 15 is 0 Å². The zero-order chi connectivity index (χ0) is 16.6. The van der Waals surface area contributed by atoms with Crippen molar-refractivity contribution in [3.63, 3.8) is 0 Å². The number of nitrogen functional groups attached to an aromatic ring is 1. The number of halogens is 3. The van der Waals surface area contributed by atoms with Gasteiger partial charge in [0.2, 0.25) is 0 Å². The van der Waals surface area contributed by atoms with Crippen LogP contribution in [0.3, 0.4) is 0 Å². The van der Waals surface area contributed by atoms with Crippen LogP contribution in [0.5, 0.6) is 0 Å².